The Kier molecular flexibility index (Phi) is 2.66. The average Bonchev–Trinajstić information content (AvgIpc) is 2.26. The van der Waals surface area contributed by atoms with E-state index < -0.39 is 0 Å². The van der Waals surface area contributed by atoms with Gasteiger partial charge in [0.2, 0.25) is 0 Å². The Bertz CT molecular complexity index is 133. The van der Waals surface area contributed by atoms with Crippen LogP contribution in [0.4, 0.5) is 0 Å². The molecule has 0 unspecified atom stereocenters. The summed E-state index contributed by atoms with van der Waals surface area (Å²) in [5.41, 5.74) is 0. The van der Waals surface area contributed by atoms with Crippen LogP contribution in [0.3, 0.4) is 0 Å². The van der Waals surface area contributed by atoms with Gasteiger partial charge in [-0.1, -0.05) is 6.92 Å². The van der Waals surface area contributed by atoms with E-state index in [2.05, 4.69) is 17.1 Å². The first-order chi connectivity index (χ1) is 5.92. The lowest BCUT2D eigenvalue weighted by molar-refractivity contribution is 0.203. The lowest BCUT2D eigenvalue weighted by Crippen LogP contribution is -2.38. The summed E-state index contributed by atoms with van der Waals surface area (Å²) in [7, 11) is 0. The Hall–Kier alpha value is -0.0800. The summed E-state index contributed by atoms with van der Waals surface area (Å²) in [6.45, 7) is 6.08. The fourth-order valence-corrected chi connectivity index (χ4v) is 2.70. The topological polar surface area (TPSA) is 15.3 Å². The molecule has 2 fully saturated rings. The van der Waals surface area contributed by atoms with Crippen molar-refractivity contribution in [2.75, 3.05) is 19.6 Å². The van der Waals surface area contributed by atoms with Crippen LogP contribution in [-0.4, -0.2) is 36.6 Å². The van der Waals surface area contributed by atoms with Gasteiger partial charge in [0.1, 0.15) is 0 Å². The van der Waals surface area contributed by atoms with Crippen molar-refractivity contribution in [3.8, 4) is 0 Å². The molecule has 0 aromatic carbocycles. The van der Waals surface area contributed by atoms with Crippen molar-refractivity contribution in [1.82, 2.24) is 10.2 Å². The van der Waals surface area contributed by atoms with E-state index >= 15 is 0 Å². The maximum absolute atomic E-state index is 3.53. The second kappa shape index (κ2) is 3.75. The third-order valence-electron chi connectivity index (χ3n) is 3.29. The lowest BCUT2D eigenvalue weighted by atomic mass is 10.1. The number of hydrogen-bond acceptors (Lipinski definition) is 2. The Morgan fingerprint density at radius 2 is 2.08 bits per heavy atom. The minimum Gasteiger partial charge on any atom is -0.315 e. The summed E-state index contributed by atoms with van der Waals surface area (Å²) in [6, 6.07) is 1.77. The third kappa shape index (κ3) is 1.50. The highest BCUT2D eigenvalue weighted by atomic mass is 15.2. The Balaban J connectivity index is 1.99. The van der Waals surface area contributed by atoms with Gasteiger partial charge >= 0.3 is 0 Å². The quantitative estimate of drug-likeness (QED) is 0.667. The third-order valence-corrected chi connectivity index (χ3v) is 3.29. The summed E-state index contributed by atoms with van der Waals surface area (Å²) < 4.78 is 0. The van der Waals surface area contributed by atoms with Crippen LogP contribution in [0.15, 0.2) is 0 Å². The van der Waals surface area contributed by atoms with E-state index in [1.165, 1.54) is 45.3 Å². The summed E-state index contributed by atoms with van der Waals surface area (Å²) in [5, 5.41) is 3.53. The molecular formula is C10H20N2. The van der Waals surface area contributed by atoms with Crippen LogP contribution >= 0.6 is 0 Å². The molecule has 2 aliphatic rings. The molecule has 2 bridgehead atoms. The van der Waals surface area contributed by atoms with Crippen molar-refractivity contribution < 1.29 is 0 Å². The van der Waals surface area contributed by atoms with Crippen LogP contribution < -0.4 is 5.32 Å². The van der Waals surface area contributed by atoms with Gasteiger partial charge in [0.25, 0.3) is 0 Å². The maximum atomic E-state index is 3.53. The summed E-state index contributed by atoms with van der Waals surface area (Å²) in [5.74, 6) is 0. The van der Waals surface area contributed by atoms with E-state index in [-0.39, 0.29) is 0 Å². The Labute approximate surface area is 75.3 Å². The number of rotatable bonds is 2. The van der Waals surface area contributed by atoms with Gasteiger partial charge in [0, 0.05) is 18.6 Å². The summed E-state index contributed by atoms with van der Waals surface area (Å²) >= 11 is 0. The first-order valence-corrected chi connectivity index (χ1v) is 5.38. The van der Waals surface area contributed by atoms with Crippen molar-refractivity contribution in [2.24, 2.45) is 0 Å². The van der Waals surface area contributed by atoms with Gasteiger partial charge in [-0.2, -0.15) is 0 Å². The summed E-state index contributed by atoms with van der Waals surface area (Å²) in [6.07, 6.45) is 5.56. The molecule has 0 spiro atoms. The molecule has 0 amide bonds. The number of nitrogens with zero attached hydrogens (tertiary/aromatic N) is 1. The second-order valence-electron chi connectivity index (χ2n) is 4.12. The van der Waals surface area contributed by atoms with Gasteiger partial charge in [-0.25, -0.2) is 0 Å². The molecule has 2 aliphatic heterocycles. The van der Waals surface area contributed by atoms with Gasteiger partial charge in [0.05, 0.1) is 0 Å². The summed E-state index contributed by atoms with van der Waals surface area (Å²) in [4.78, 5) is 2.74. The standard InChI is InChI=1S/C10H20N2/c1-2-7-12-9-3-4-10(12)8-11-6-5-9/h9-11H,2-8H2,1H3/t9-,10+/m0/s1. The smallest absolute Gasteiger partial charge is 0.0224 e. The van der Waals surface area contributed by atoms with Crippen molar-refractivity contribution >= 4 is 0 Å². The van der Waals surface area contributed by atoms with Gasteiger partial charge in [-0.05, 0) is 38.8 Å². The van der Waals surface area contributed by atoms with E-state index in [9.17, 15) is 0 Å². The molecule has 0 aliphatic carbocycles. The molecule has 0 aromatic rings. The predicted octanol–water partition coefficient (Wildman–Crippen LogP) is 1.22. The fraction of sp³-hybridized carbons (Fsp3) is 1.00. The first kappa shape index (κ1) is 8.52. The Morgan fingerprint density at radius 3 is 2.92 bits per heavy atom. The zero-order valence-electron chi connectivity index (χ0n) is 8.05. The van der Waals surface area contributed by atoms with Crippen LogP contribution in [0.1, 0.15) is 32.6 Å². The predicted molar refractivity (Wildman–Crippen MR) is 51.3 cm³/mol. The molecule has 2 nitrogen and oxygen atoms in total. The number of nitrogens with one attached hydrogen (secondary N) is 1. The van der Waals surface area contributed by atoms with Crippen LogP contribution in [0, 0.1) is 0 Å². The van der Waals surface area contributed by atoms with E-state index in [0.717, 1.165) is 12.1 Å². The molecule has 70 valence electrons. The lowest BCUT2D eigenvalue weighted by Gasteiger charge is -2.26. The van der Waals surface area contributed by atoms with Crippen LogP contribution in [0.25, 0.3) is 0 Å². The van der Waals surface area contributed by atoms with Gasteiger partial charge in [-0.3, -0.25) is 4.90 Å². The van der Waals surface area contributed by atoms with E-state index in [1.54, 1.807) is 0 Å². The minimum atomic E-state index is 0.859. The highest BCUT2D eigenvalue weighted by molar-refractivity contribution is 4.91. The van der Waals surface area contributed by atoms with Crippen LogP contribution in [-0.2, 0) is 0 Å². The SMILES string of the molecule is CCCN1[C@@H]2CCNC[C@H]1CC2. The molecule has 2 heteroatoms. The molecule has 0 aromatic heterocycles. The van der Waals surface area contributed by atoms with Gasteiger partial charge in [-0.15, -0.1) is 0 Å². The average molecular weight is 168 g/mol. The molecule has 1 N–H and O–H groups in total. The molecule has 2 rings (SSSR count). The van der Waals surface area contributed by atoms with E-state index in [0.29, 0.717) is 0 Å². The fourth-order valence-electron chi connectivity index (χ4n) is 2.70. The zero-order valence-corrected chi connectivity index (χ0v) is 8.05. The molecule has 2 heterocycles. The number of fused-ring (bicyclic) bond motifs is 2. The van der Waals surface area contributed by atoms with Crippen molar-refractivity contribution in [3.05, 3.63) is 0 Å². The highest BCUT2D eigenvalue weighted by Crippen LogP contribution is 2.27. The molecule has 0 radical (unpaired) electrons. The van der Waals surface area contributed by atoms with Crippen molar-refractivity contribution in [2.45, 2.75) is 44.7 Å². The maximum Gasteiger partial charge on any atom is 0.0224 e. The van der Waals surface area contributed by atoms with Gasteiger partial charge < -0.3 is 5.32 Å². The first-order valence-electron chi connectivity index (χ1n) is 5.38. The molecule has 0 saturated carbocycles. The minimum absolute atomic E-state index is 0.859. The molecule has 12 heavy (non-hydrogen) atoms. The normalized spacial score (nSPS) is 36.8. The van der Waals surface area contributed by atoms with E-state index in [1.807, 2.05) is 0 Å². The van der Waals surface area contributed by atoms with Gasteiger partial charge in [0.15, 0.2) is 0 Å². The second-order valence-corrected chi connectivity index (χ2v) is 4.12. The Morgan fingerprint density at radius 1 is 1.25 bits per heavy atom. The number of hydrogen-bond donors (Lipinski definition) is 1. The van der Waals surface area contributed by atoms with Crippen LogP contribution in [0.2, 0.25) is 0 Å². The largest absolute Gasteiger partial charge is 0.315 e. The van der Waals surface area contributed by atoms with Crippen LogP contribution in [0.5, 0.6) is 0 Å². The monoisotopic (exact) mass is 168 g/mol. The zero-order chi connectivity index (χ0) is 8.39. The molecule has 2 atom stereocenters. The van der Waals surface area contributed by atoms with E-state index in [4.69, 9.17) is 0 Å². The van der Waals surface area contributed by atoms with Crippen molar-refractivity contribution in [3.63, 3.8) is 0 Å². The van der Waals surface area contributed by atoms with Crippen molar-refractivity contribution in [1.29, 1.82) is 0 Å². The highest BCUT2D eigenvalue weighted by Gasteiger charge is 2.33. The molecular weight excluding hydrogens is 148 g/mol. The molecule has 2 saturated heterocycles.